The van der Waals surface area contributed by atoms with E-state index in [1.165, 1.54) is 17.1 Å². The van der Waals surface area contributed by atoms with E-state index in [-0.39, 0.29) is 18.3 Å². The standard InChI is InChI=1S/C16H19F3N4O2/c1-10-2-3-23(10)15-5-12(16(17,18)19)4-14(21-15)11-6-20-22(7-11)8-13(25)9-24/h4-7,10,13,24-25H,2-3,8-9H2,1H3/t10-,13?/m0/s1. The summed E-state index contributed by atoms with van der Waals surface area (Å²) in [6.45, 7) is 2.25. The van der Waals surface area contributed by atoms with Crippen LogP contribution in [0.2, 0.25) is 0 Å². The van der Waals surface area contributed by atoms with Gasteiger partial charge in [-0.15, -0.1) is 0 Å². The first-order valence-corrected chi connectivity index (χ1v) is 7.95. The summed E-state index contributed by atoms with van der Waals surface area (Å²) in [5, 5.41) is 22.3. The zero-order valence-electron chi connectivity index (χ0n) is 13.6. The van der Waals surface area contributed by atoms with Gasteiger partial charge >= 0.3 is 6.18 Å². The number of aliphatic hydroxyl groups is 2. The van der Waals surface area contributed by atoms with Crippen molar-refractivity contribution in [2.75, 3.05) is 18.1 Å². The van der Waals surface area contributed by atoms with E-state index in [0.29, 0.717) is 17.9 Å². The van der Waals surface area contributed by atoms with Gasteiger partial charge in [-0.2, -0.15) is 18.3 Å². The summed E-state index contributed by atoms with van der Waals surface area (Å²) in [4.78, 5) is 6.19. The summed E-state index contributed by atoms with van der Waals surface area (Å²) in [5.41, 5.74) is -0.158. The van der Waals surface area contributed by atoms with Crippen LogP contribution in [0.4, 0.5) is 19.0 Å². The van der Waals surface area contributed by atoms with E-state index < -0.39 is 24.5 Å². The van der Waals surface area contributed by atoms with Gasteiger partial charge in [0.15, 0.2) is 0 Å². The Morgan fingerprint density at radius 3 is 2.68 bits per heavy atom. The topological polar surface area (TPSA) is 74.4 Å². The van der Waals surface area contributed by atoms with Gasteiger partial charge in [0, 0.05) is 24.3 Å². The molecule has 0 amide bonds. The highest BCUT2D eigenvalue weighted by atomic mass is 19.4. The molecular formula is C16H19F3N4O2. The van der Waals surface area contributed by atoms with Gasteiger partial charge in [-0.1, -0.05) is 0 Å². The average Bonchev–Trinajstić information content (AvgIpc) is 3.00. The predicted octanol–water partition coefficient (Wildman–Crippen LogP) is 1.92. The molecule has 0 saturated carbocycles. The van der Waals surface area contributed by atoms with Gasteiger partial charge in [0.05, 0.1) is 36.7 Å². The third-order valence-corrected chi connectivity index (χ3v) is 4.29. The summed E-state index contributed by atoms with van der Waals surface area (Å²) in [6, 6.07) is 2.22. The van der Waals surface area contributed by atoms with E-state index in [1.807, 2.05) is 11.8 Å². The maximum Gasteiger partial charge on any atom is 0.416 e. The van der Waals surface area contributed by atoms with Crippen LogP contribution < -0.4 is 4.90 Å². The minimum absolute atomic E-state index is 0.0471. The second kappa shape index (κ2) is 6.64. The Morgan fingerprint density at radius 1 is 1.36 bits per heavy atom. The predicted molar refractivity (Wildman–Crippen MR) is 85.0 cm³/mol. The number of hydrogen-bond donors (Lipinski definition) is 2. The third-order valence-electron chi connectivity index (χ3n) is 4.29. The van der Waals surface area contributed by atoms with Gasteiger partial charge in [0.25, 0.3) is 0 Å². The first-order chi connectivity index (χ1) is 11.8. The Labute approximate surface area is 142 Å². The van der Waals surface area contributed by atoms with Crippen molar-refractivity contribution in [3.05, 3.63) is 30.1 Å². The Hall–Kier alpha value is -2.13. The number of pyridine rings is 1. The number of halogens is 3. The monoisotopic (exact) mass is 356 g/mol. The van der Waals surface area contributed by atoms with E-state index in [2.05, 4.69) is 10.1 Å². The summed E-state index contributed by atoms with van der Waals surface area (Å²) in [5.74, 6) is 0.298. The van der Waals surface area contributed by atoms with Crippen LogP contribution in [0.3, 0.4) is 0 Å². The van der Waals surface area contributed by atoms with Crippen LogP contribution >= 0.6 is 0 Å². The number of aliphatic hydroxyl groups excluding tert-OH is 2. The fourth-order valence-electron chi connectivity index (χ4n) is 2.70. The molecule has 25 heavy (non-hydrogen) atoms. The fraction of sp³-hybridized carbons (Fsp3) is 0.500. The van der Waals surface area contributed by atoms with Crippen molar-refractivity contribution in [3.8, 4) is 11.3 Å². The van der Waals surface area contributed by atoms with E-state index in [9.17, 15) is 18.3 Å². The van der Waals surface area contributed by atoms with Crippen LogP contribution in [0.5, 0.6) is 0 Å². The minimum atomic E-state index is -4.47. The van der Waals surface area contributed by atoms with Gasteiger partial charge in [-0.05, 0) is 25.5 Å². The lowest BCUT2D eigenvalue weighted by molar-refractivity contribution is -0.137. The molecule has 1 aliphatic rings. The normalized spacial score (nSPS) is 19.0. The number of nitrogens with zero attached hydrogens (tertiary/aromatic N) is 4. The van der Waals surface area contributed by atoms with Crippen molar-refractivity contribution in [1.29, 1.82) is 0 Å². The Kier molecular flexibility index (Phi) is 4.70. The lowest BCUT2D eigenvalue weighted by Gasteiger charge is -2.40. The van der Waals surface area contributed by atoms with Gasteiger partial charge < -0.3 is 15.1 Å². The number of alkyl halides is 3. The lowest BCUT2D eigenvalue weighted by Crippen LogP contribution is -2.46. The molecule has 0 radical (unpaired) electrons. The van der Waals surface area contributed by atoms with Crippen LogP contribution in [0.15, 0.2) is 24.5 Å². The molecule has 6 nitrogen and oxygen atoms in total. The molecule has 0 aromatic carbocycles. The minimum Gasteiger partial charge on any atom is -0.394 e. The van der Waals surface area contributed by atoms with Crippen LogP contribution in [0.25, 0.3) is 11.3 Å². The number of hydrogen-bond acceptors (Lipinski definition) is 5. The molecule has 3 heterocycles. The Balaban J connectivity index is 1.96. The van der Waals surface area contributed by atoms with Gasteiger partial charge in [0.1, 0.15) is 5.82 Å². The van der Waals surface area contributed by atoms with Crippen LogP contribution in [0, 0.1) is 0 Å². The highest BCUT2D eigenvalue weighted by molar-refractivity contribution is 5.62. The molecule has 2 aromatic heterocycles. The van der Waals surface area contributed by atoms with Crippen molar-refractivity contribution in [1.82, 2.24) is 14.8 Å². The van der Waals surface area contributed by atoms with E-state index in [0.717, 1.165) is 18.6 Å². The van der Waals surface area contributed by atoms with Gasteiger partial charge in [-0.25, -0.2) is 4.98 Å². The Bertz CT molecular complexity index is 747. The lowest BCUT2D eigenvalue weighted by atomic mass is 10.0. The molecule has 2 aromatic rings. The average molecular weight is 356 g/mol. The maximum absolute atomic E-state index is 13.2. The van der Waals surface area contributed by atoms with E-state index in [1.54, 1.807) is 0 Å². The molecule has 1 aliphatic heterocycles. The van der Waals surface area contributed by atoms with Crippen LogP contribution in [-0.4, -0.2) is 50.3 Å². The zero-order chi connectivity index (χ0) is 18.2. The summed E-state index contributed by atoms with van der Waals surface area (Å²) in [6.07, 6.45) is -1.63. The maximum atomic E-state index is 13.2. The third kappa shape index (κ3) is 3.77. The Morgan fingerprint density at radius 2 is 2.12 bits per heavy atom. The summed E-state index contributed by atoms with van der Waals surface area (Å²) < 4.78 is 41.1. The first kappa shape index (κ1) is 17.7. The zero-order valence-corrected chi connectivity index (χ0v) is 13.6. The molecule has 2 atom stereocenters. The highest BCUT2D eigenvalue weighted by Crippen LogP contribution is 2.36. The molecule has 9 heteroatoms. The van der Waals surface area contributed by atoms with Crippen LogP contribution in [0.1, 0.15) is 18.9 Å². The number of anilines is 1. The van der Waals surface area contributed by atoms with Crippen molar-refractivity contribution < 1.29 is 23.4 Å². The molecule has 136 valence electrons. The van der Waals surface area contributed by atoms with E-state index in [4.69, 9.17) is 5.11 Å². The van der Waals surface area contributed by atoms with Gasteiger partial charge in [0.2, 0.25) is 0 Å². The second-order valence-corrected chi connectivity index (χ2v) is 6.22. The molecule has 0 bridgehead atoms. The fourth-order valence-corrected chi connectivity index (χ4v) is 2.70. The number of aromatic nitrogens is 3. The SMILES string of the molecule is C[C@H]1CCN1c1cc(C(F)(F)F)cc(-c2cnn(CC(O)CO)c2)n1. The van der Waals surface area contributed by atoms with Gasteiger partial charge in [-0.3, -0.25) is 4.68 Å². The van der Waals surface area contributed by atoms with Crippen molar-refractivity contribution in [2.24, 2.45) is 0 Å². The first-order valence-electron chi connectivity index (χ1n) is 7.95. The van der Waals surface area contributed by atoms with E-state index >= 15 is 0 Å². The number of rotatable bonds is 5. The molecule has 0 aliphatic carbocycles. The van der Waals surface area contributed by atoms with Crippen molar-refractivity contribution >= 4 is 5.82 Å². The molecule has 1 saturated heterocycles. The summed E-state index contributed by atoms with van der Waals surface area (Å²) in [7, 11) is 0. The second-order valence-electron chi connectivity index (χ2n) is 6.22. The molecule has 2 N–H and O–H groups in total. The van der Waals surface area contributed by atoms with Crippen LogP contribution in [-0.2, 0) is 12.7 Å². The quantitative estimate of drug-likeness (QED) is 0.856. The highest BCUT2D eigenvalue weighted by Gasteiger charge is 2.34. The molecular weight excluding hydrogens is 337 g/mol. The molecule has 0 spiro atoms. The molecule has 1 unspecified atom stereocenters. The van der Waals surface area contributed by atoms with Crippen molar-refractivity contribution in [3.63, 3.8) is 0 Å². The molecule has 1 fully saturated rings. The smallest absolute Gasteiger partial charge is 0.394 e. The summed E-state index contributed by atoms with van der Waals surface area (Å²) >= 11 is 0. The largest absolute Gasteiger partial charge is 0.416 e. The molecule has 3 rings (SSSR count). The van der Waals surface area contributed by atoms with Crippen molar-refractivity contribution in [2.45, 2.75) is 38.2 Å².